The van der Waals surface area contributed by atoms with Crippen molar-refractivity contribution in [2.45, 2.75) is 13.0 Å². The van der Waals surface area contributed by atoms with Crippen LogP contribution < -0.4 is 0 Å². The third-order valence-corrected chi connectivity index (χ3v) is 6.88. The van der Waals surface area contributed by atoms with Gasteiger partial charge in [-0.15, -0.1) is 11.3 Å². The monoisotopic (exact) mass is 450 g/mol. The van der Waals surface area contributed by atoms with Crippen molar-refractivity contribution in [1.82, 2.24) is 19.8 Å². The number of benzene rings is 2. The van der Waals surface area contributed by atoms with Crippen LogP contribution in [-0.2, 0) is 17.8 Å². The quantitative estimate of drug-likeness (QED) is 0.473. The molecule has 1 N–H and O–H groups in total. The highest BCUT2D eigenvalue weighted by atomic mass is 35.5. The molecule has 2 aromatic heterocycles. The van der Waals surface area contributed by atoms with E-state index in [0.717, 1.165) is 70.5 Å². The largest absolute Gasteiger partial charge is 0.361 e. The van der Waals surface area contributed by atoms with Crippen LogP contribution in [0.2, 0.25) is 5.02 Å². The summed E-state index contributed by atoms with van der Waals surface area (Å²) in [5.74, 6) is 0.198. The number of hydrogen-bond acceptors (Lipinski definition) is 4. The summed E-state index contributed by atoms with van der Waals surface area (Å²) in [6, 6.07) is 15.9. The first-order chi connectivity index (χ1) is 15.2. The lowest BCUT2D eigenvalue weighted by Gasteiger charge is -2.34. The molecular weight excluding hydrogens is 428 g/mol. The highest BCUT2D eigenvalue weighted by Crippen LogP contribution is 2.25. The van der Waals surface area contributed by atoms with E-state index in [1.807, 2.05) is 53.6 Å². The van der Waals surface area contributed by atoms with E-state index >= 15 is 0 Å². The van der Waals surface area contributed by atoms with Crippen LogP contribution in [0.25, 0.3) is 22.2 Å². The number of carbonyl (C=O) groups excluding carboxylic acids is 1. The van der Waals surface area contributed by atoms with Crippen molar-refractivity contribution in [1.29, 1.82) is 0 Å². The number of para-hydroxylation sites is 1. The number of amides is 1. The number of nitrogens with one attached hydrogen (secondary N) is 1. The second-order valence-electron chi connectivity index (χ2n) is 7.83. The molecule has 1 saturated heterocycles. The van der Waals surface area contributed by atoms with Crippen molar-refractivity contribution in [2.75, 3.05) is 26.2 Å². The number of nitrogens with zero attached hydrogens (tertiary/aromatic N) is 3. The van der Waals surface area contributed by atoms with E-state index in [-0.39, 0.29) is 5.91 Å². The van der Waals surface area contributed by atoms with Crippen LogP contribution in [0.15, 0.2) is 60.1 Å². The lowest BCUT2D eigenvalue weighted by Crippen LogP contribution is -2.48. The highest BCUT2D eigenvalue weighted by Gasteiger charge is 2.22. The maximum absolute atomic E-state index is 12.8. The minimum absolute atomic E-state index is 0.198. The summed E-state index contributed by atoms with van der Waals surface area (Å²) < 4.78 is 0. The number of fused-ring (bicyclic) bond motifs is 1. The number of piperazine rings is 1. The van der Waals surface area contributed by atoms with Crippen LogP contribution in [0.1, 0.15) is 10.6 Å². The molecule has 0 aliphatic carbocycles. The molecule has 1 aliphatic rings. The highest BCUT2D eigenvalue weighted by molar-refractivity contribution is 7.09. The Morgan fingerprint density at radius 2 is 1.84 bits per heavy atom. The minimum Gasteiger partial charge on any atom is -0.361 e. The predicted octanol–water partition coefficient (Wildman–Crippen LogP) is 4.83. The molecule has 158 valence electrons. The molecular formula is C24H23ClN4OS. The molecule has 0 unspecified atom stereocenters. The van der Waals surface area contributed by atoms with E-state index in [1.165, 1.54) is 0 Å². The van der Waals surface area contributed by atoms with Crippen molar-refractivity contribution in [2.24, 2.45) is 0 Å². The van der Waals surface area contributed by atoms with Gasteiger partial charge in [0.25, 0.3) is 0 Å². The Kier molecular flexibility index (Phi) is 5.76. The van der Waals surface area contributed by atoms with Crippen molar-refractivity contribution < 1.29 is 4.79 Å². The molecule has 1 amide bonds. The van der Waals surface area contributed by atoms with Gasteiger partial charge < -0.3 is 9.88 Å². The van der Waals surface area contributed by atoms with E-state index in [4.69, 9.17) is 16.6 Å². The number of aromatic nitrogens is 2. The molecule has 0 bridgehead atoms. The lowest BCUT2D eigenvalue weighted by atomic mass is 10.1. The standard InChI is InChI=1S/C24H23ClN4OS/c25-19-7-5-17(6-8-19)22-16-31-23(27-22)15-28-9-11-29(12-10-28)24(30)13-18-14-26-21-4-2-1-3-20(18)21/h1-8,14,16,26H,9-13,15H2. The van der Waals surface area contributed by atoms with Crippen LogP contribution in [0, 0.1) is 0 Å². The number of hydrogen-bond donors (Lipinski definition) is 1. The van der Waals surface area contributed by atoms with Gasteiger partial charge in [-0.1, -0.05) is 41.9 Å². The average Bonchev–Trinajstić information content (AvgIpc) is 3.42. The fourth-order valence-corrected chi connectivity index (χ4v) is 5.01. The van der Waals surface area contributed by atoms with Gasteiger partial charge in [0, 0.05) is 59.2 Å². The Labute approximate surface area is 190 Å². The van der Waals surface area contributed by atoms with Gasteiger partial charge in [-0.25, -0.2) is 4.98 Å². The third-order valence-electron chi connectivity index (χ3n) is 5.79. The van der Waals surface area contributed by atoms with Crippen molar-refractivity contribution in [3.8, 4) is 11.3 Å². The molecule has 2 aromatic carbocycles. The number of H-pyrrole nitrogens is 1. The van der Waals surface area contributed by atoms with E-state index in [9.17, 15) is 4.79 Å². The molecule has 5 rings (SSSR count). The lowest BCUT2D eigenvalue weighted by molar-refractivity contribution is -0.132. The Hall–Kier alpha value is -2.67. The Balaban J connectivity index is 1.15. The molecule has 0 spiro atoms. The topological polar surface area (TPSA) is 52.2 Å². The molecule has 3 heterocycles. The minimum atomic E-state index is 0.198. The Morgan fingerprint density at radius 3 is 2.65 bits per heavy atom. The van der Waals surface area contributed by atoms with Crippen LogP contribution in [0.3, 0.4) is 0 Å². The molecule has 31 heavy (non-hydrogen) atoms. The van der Waals surface area contributed by atoms with Gasteiger partial charge >= 0.3 is 0 Å². The van der Waals surface area contributed by atoms with Gasteiger partial charge in [0.05, 0.1) is 18.7 Å². The molecule has 1 aliphatic heterocycles. The zero-order valence-electron chi connectivity index (χ0n) is 17.1. The SMILES string of the molecule is O=C(Cc1c[nH]c2ccccc12)N1CCN(Cc2nc(-c3ccc(Cl)cc3)cs2)CC1. The van der Waals surface area contributed by atoms with Gasteiger partial charge in [-0.3, -0.25) is 9.69 Å². The number of rotatable bonds is 5. The smallest absolute Gasteiger partial charge is 0.227 e. The number of thiazole rings is 1. The van der Waals surface area contributed by atoms with E-state index in [2.05, 4.69) is 21.3 Å². The maximum Gasteiger partial charge on any atom is 0.227 e. The summed E-state index contributed by atoms with van der Waals surface area (Å²) in [5, 5.41) is 5.06. The molecule has 0 saturated carbocycles. The van der Waals surface area contributed by atoms with Crippen molar-refractivity contribution in [3.05, 3.63) is 75.7 Å². The maximum atomic E-state index is 12.8. The van der Waals surface area contributed by atoms with Crippen LogP contribution in [-0.4, -0.2) is 51.9 Å². The van der Waals surface area contributed by atoms with E-state index in [0.29, 0.717) is 6.42 Å². The van der Waals surface area contributed by atoms with Crippen molar-refractivity contribution >= 4 is 39.7 Å². The Morgan fingerprint density at radius 1 is 1.06 bits per heavy atom. The summed E-state index contributed by atoms with van der Waals surface area (Å²) >= 11 is 7.66. The number of aromatic amines is 1. The van der Waals surface area contributed by atoms with Crippen LogP contribution >= 0.6 is 22.9 Å². The second kappa shape index (κ2) is 8.83. The van der Waals surface area contributed by atoms with Crippen LogP contribution in [0.5, 0.6) is 0 Å². The second-order valence-corrected chi connectivity index (χ2v) is 9.21. The molecule has 0 atom stereocenters. The van der Waals surface area contributed by atoms with Gasteiger partial charge in [0.2, 0.25) is 5.91 Å². The fraction of sp³-hybridized carbons (Fsp3) is 0.250. The normalized spacial score (nSPS) is 14.9. The molecule has 0 radical (unpaired) electrons. The van der Waals surface area contributed by atoms with E-state index in [1.54, 1.807) is 11.3 Å². The molecule has 7 heteroatoms. The number of halogens is 1. The molecule has 5 nitrogen and oxygen atoms in total. The summed E-state index contributed by atoms with van der Waals surface area (Å²) in [4.78, 5) is 25.2. The predicted molar refractivity (Wildman–Crippen MR) is 126 cm³/mol. The first kappa shape index (κ1) is 20.2. The molecule has 1 fully saturated rings. The number of carbonyl (C=O) groups is 1. The summed E-state index contributed by atoms with van der Waals surface area (Å²) in [6.45, 7) is 4.08. The summed E-state index contributed by atoms with van der Waals surface area (Å²) in [6.07, 6.45) is 2.40. The van der Waals surface area contributed by atoms with Gasteiger partial charge in [-0.05, 0) is 23.8 Å². The van der Waals surface area contributed by atoms with E-state index < -0.39 is 0 Å². The molecule has 4 aromatic rings. The first-order valence-corrected chi connectivity index (χ1v) is 11.7. The van der Waals surface area contributed by atoms with Gasteiger partial charge in [0.15, 0.2) is 0 Å². The van der Waals surface area contributed by atoms with Gasteiger partial charge in [-0.2, -0.15) is 0 Å². The van der Waals surface area contributed by atoms with Crippen LogP contribution in [0.4, 0.5) is 0 Å². The zero-order valence-corrected chi connectivity index (χ0v) is 18.6. The first-order valence-electron chi connectivity index (χ1n) is 10.4. The van der Waals surface area contributed by atoms with Gasteiger partial charge in [0.1, 0.15) is 5.01 Å². The Bertz CT molecular complexity index is 1190. The zero-order chi connectivity index (χ0) is 21.2. The summed E-state index contributed by atoms with van der Waals surface area (Å²) in [7, 11) is 0. The summed E-state index contributed by atoms with van der Waals surface area (Å²) in [5.41, 5.74) is 4.22. The third kappa shape index (κ3) is 4.51. The average molecular weight is 451 g/mol. The fourth-order valence-electron chi connectivity index (χ4n) is 4.04. The van der Waals surface area contributed by atoms with Crippen molar-refractivity contribution in [3.63, 3.8) is 0 Å².